The van der Waals surface area contributed by atoms with Gasteiger partial charge in [0.1, 0.15) is 0 Å². The lowest BCUT2D eigenvalue weighted by Gasteiger charge is -2.45. The largest absolute Gasteiger partial charge is 0.465 e. The minimum absolute atomic E-state index is 0.132. The second kappa shape index (κ2) is 5.34. The number of carbonyl (C=O) groups is 1. The van der Waals surface area contributed by atoms with Gasteiger partial charge in [0.15, 0.2) is 0 Å². The van der Waals surface area contributed by atoms with Crippen molar-refractivity contribution in [3.8, 4) is 0 Å². The Labute approximate surface area is 126 Å². The maximum absolute atomic E-state index is 11.7. The number of hydrogen-bond acceptors (Lipinski definition) is 2. The third kappa shape index (κ3) is 2.64. The molecule has 0 aromatic heterocycles. The molecule has 0 radical (unpaired) electrons. The molecular weight excluding hydrogens is 266 g/mol. The van der Waals surface area contributed by atoms with Gasteiger partial charge in [0.05, 0.1) is 12.1 Å². The van der Waals surface area contributed by atoms with Gasteiger partial charge in [-0.15, -0.1) is 0 Å². The Kier molecular flexibility index (Phi) is 4.02. The quantitative estimate of drug-likeness (QED) is 0.879. The molecule has 4 nitrogen and oxygen atoms in total. The van der Waals surface area contributed by atoms with E-state index >= 15 is 0 Å². The highest BCUT2D eigenvalue weighted by molar-refractivity contribution is 5.67. The van der Waals surface area contributed by atoms with E-state index in [1.165, 1.54) is 10.5 Å². The fourth-order valence-corrected chi connectivity index (χ4v) is 3.48. The maximum Gasteiger partial charge on any atom is 0.407 e. The van der Waals surface area contributed by atoms with Crippen LogP contribution in [0.15, 0.2) is 24.3 Å². The maximum atomic E-state index is 11.7. The van der Waals surface area contributed by atoms with Crippen LogP contribution in [-0.4, -0.2) is 39.9 Å². The van der Waals surface area contributed by atoms with Crippen molar-refractivity contribution in [3.05, 3.63) is 35.4 Å². The number of likely N-dealkylation sites (tertiary alicyclic amines) is 1. The lowest BCUT2D eigenvalue weighted by Crippen LogP contribution is -2.57. The van der Waals surface area contributed by atoms with E-state index in [-0.39, 0.29) is 17.9 Å². The van der Waals surface area contributed by atoms with Crippen molar-refractivity contribution in [2.45, 2.75) is 45.6 Å². The predicted octanol–water partition coefficient (Wildman–Crippen LogP) is 3.24. The van der Waals surface area contributed by atoms with Gasteiger partial charge >= 0.3 is 6.09 Å². The van der Waals surface area contributed by atoms with Gasteiger partial charge in [-0.05, 0) is 24.3 Å². The number of aliphatic hydroxyl groups excluding tert-OH is 1. The summed E-state index contributed by atoms with van der Waals surface area (Å²) in [5.74, 6) is 0.132. The molecule has 1 aromatic carbocycles. The summed E-state index contributed by atoms with van der Waals surface area (Å²) in [5.41, 5.74) is 1.28. The van der Waals surface area contributed by atoms with Gasteiger partial charge in [-0.1, -0.05) is 50.6 Å². The number of amides is 1. The first-order chi connectivity index (χ1) is 9.71. The molecule has 1 heterocycles. The van der Waals surface area contributed by atoms with Crippen molar-refractivity contribution in [1.29, 1.82) is 0 Å². The highest BCUT2D eigenvalue weighted by Gasteiger charge is 2.54. The summed E-state index contributed by atoms with van der Waals surface area (Å²) in [6.07, 6.45) is -0.294. The number of benzene rings is 1. The van der Waals surface area contributed by atoms with E-state index < -0.39 is 11.6 Å². The number of hydrogen-bond donors (Lipinski definition) is 2. The molecule has 0 bridgehead atoms. The van der Waals surface area contributed by atoms with Gasteiger partial charge in [-0.25, -0.2) is 4.79 Å². The lowest BCUT2D eigenvalue weighted by molar-refractivity contribution is -0.0114. The Morgan fingerprint density at radius 2 is 2.10 bits per heavy atom. The summed E-state index contributed by atoms with van der Waals surface area (Å²) in [7, 11) is 0. The molecule has 0 saturated carbocycles. The first kappa shape index (κ1) is 15.8. The van der Waals surface area contributed by atoms with Crippen LogP contribution in [0.1, 0.15) is 44.2 Å². The molecule has 0 aliphatic carbocycles. The molecule has 21 heavy (non-hydrogen) atoms. The molecular formula is C17H25NO3. The van der Waals surface area contributed by atoms with Crippen molar-refractivity contribution in [2.75, 3.05) is 13.2 Å². The van der Waals surface area contributed by atoms with E-state index in [4.69, 9.17) is 0 Å². The number of nitrogens with zero attached hydrogens (tertiary/aromatic N) is 1. The Morgan fingerprint density at radius 1 is 1.43 bits per heavy atom. The second-order valence-corrected chi connectivity index (χ2v) is 7.15. The van der Waals surface area contributed by atoms with E-state index in [9.17, 15) is 15.0 Å². The summed E-state index contributed by atoms with van der Waals surface area (Å²) in [5, 5.41) is 19.6. The van der Waals surface area contributed by atoms with Crippen LogP contribution < -0.4 is 0 Å². The molecule has 4 heteroatoms. The van der Waals surface area contributed by atoms with E-state index in [1.807, 2.05) is 45.9 Å². The fraction of sp³-hybridized carbons (Fsp3) is 0.588. The SMILES string of the molecule is Cc1cccc([C@@H]2CN(C(=O)O)[C@](CO)(C(C)(C)C)C2)c1. The highest BCUT2D eigenvalue weighted by atomic mass is 16.4. The molecule has 2 atom stereocenters. The van der Waals surface area contributed by atoms with Crippen molar-refractivity contribution in [2.24, 2.45) is 5.41 Å². The van der Waals surface area contributed by atoms with Gasteiger partial charge < -0.3 is 10.2 Å². The van der Waals surface area contributed by atoms with Crippen LogP contribution >= 0.6 is 0 Å². The number of aliphatic hydroxyl groups is 1. The first-order valence-electron chi connectivity index (χ1n) is 7.39. The zero-order valence-corrected chi connectivity index (χ0v) is 13.3. The third-order valence-electron chi connectivity index (χ3n) is 4.91. The zero-order chi connectivity index (χ0) is 15.8. The molecule has 2 N–H and O–H groups in total. The average molecular weight is 291 g/mol. The molecule has 0 unspecified atom stereocenters. The van der Waals surface area contributed by atoms with E-state index in [1.54, 1.807) is 0 Å². The molecule has 0 spiro atoms. The Morgan fingerprint density at radius 3 is 2.52 bits per heavy atom. The summed E-state index contributed by atoms with van der Waals surface area (Å²) < 4.78 is 0. The monoisotopic (exact) mass is 291 g/mol. The van der Waals surface area contributed by atoms with Gasteiger partial charge in [0.25, 0.3) is 0 Å². The van der Waals surface area contributed by atoms with Crippen molar-refractivity contribution in [1.82, 2.24) is 4.90 Å². The molecule has 1 fully saturated rings. The lowest BCUT2D eigenvalue weighted by atomic mass is 9.70. The van der Waals surface area contributed by atoms with E-state index in [0.29, 0.717) is 13.0 Å². The van der Waals surface area contributed by atoms with Crippen molar-refractivity contribution < 1.29 is 15.0 Å². The van der Waals surface area contributed by atoms with Gasteiger partial charge in [-0.2, -0.15) is 0 Å². The topological polar surface area (TPSA) is 60.8 Å². The molecule has 1 aromatic rings. The molecule has 1 amide bonds. The Bertz CT molecular complexity index is 535. The first-order valence-corrected chi connectivity index (χ1v) is 7.39. The molecule has 1 saturated heterocycles. The number of carboxylic acid groups (broad SMARTS) is 1. The Balaban J connectivity index is 2.41. The second-order valence-electron chi connectivity index (χ2n) is 7.15. The Hall–Kier alpha value is -1.55. The molecule has 2 rings (SSSR count). The van der Waals surface area contributed by atoms with Gasteiger partial charge in [0.2, 0.25) is 0 Å². The highest BCUT2D eigenvalue weighted by Crippen LogP contribution is 2.48. The molecule has 1 aliphatic heterocycles. The zero-order valence-electron chi connectivity index (χ0n) is 13.3. The minimum Gasteiger partial charge on any atom is -0.465 e. The summed E-state index contributed by atoms with van der Waals surface area (Å²) in [6, 6.07) is 8.21. The van der Waals surface area contributed by atoms with E-state index in [2.05, 4.69) is 6.07 Å². The predicted molar refractivity (Wildman–Crippen MR) is 82.5 cm³/mol. The average Bonchev–Trinajstić information content (AvgIpc) is 2.79. The summed E-state index contributed by atoms with van der Waals surface area (Å²) >= 11 is 0. The van der Waals surface area contributed by atoms with Gasteiger partial charge in [-0.3, -0.25) is 4.90 Å². The van der Waals surface area contributed by atoms with Crippen LogP contribution in [0.25, 0.3) is 0 Å². The third-order valence-corrected chi connectivity index (χ3v) is 4.91. The standard InChI is InChI=1S/C17H25NO3/c1-12-6-5-7-13(8-12)14-9-17(11-19,16(2,3)4)18(10-14)15(20)21/h5-8,14,19H,9-11H2,1-4H3,(H,20,21)/t14-,17+/m0/s1. The normalized spacial score (nSPS) is 26.1. The van der Waals surface area contributed by atoms with Gasteiger partial charge in [0, 0.05) is 12.5 Å². The van der Waals surface area contributed by atoms with Crippen LogP contribution in [0.2, 0.25) is 0 Å². The van der Waals surface area contributed by atoms with Crippen LogP contribution in [0.3, 0.4) is 0 Å². The molecule has 116 valence electrons. The van der Waals surface area contributed by atoms with Crippen LogP contribution in [0.5, 0.6) is 0 Å². The van der Waals surface area contributed by atoms with Crippen molar-refractivity contribution in [3.63, 3.8) is 0 Å². The minimum atomic E-state index is -0.950. The number of aryl methyl sites for hydroxylation is 1. The van der Waals surface area contributed by atoms with Crippen LogP contribution in [-0.2, 0) is 0 Å². The smallest absolute Gasteiger partial charge is 0.407 e. The van der Waals surface area contributed by atoms with Crippen molar-refractivity contribution >= 4 is 6.09 Å². The summed E-state index contributed by atoms with van der Waals surface area (Å²) in [6.45, 7) is 8.32. The number of rotatable bonds is 2. The fourth-order valence-electron chi connectivity index (χ4n) is 3.48. The summed E-state index contributed by atoms with van der Waals surface area (Å²) in [4.78, 5) is 13.1. The van der Waals surface area contributed by atoms with E-state index in [0.717, 1.165) is 5.56 Å². The van der Waals surface area contributed by atoms with Crippen LogP contribution in [0, 0.1) is 12.3 Å². The molecule has 1 aliphatic rings. The van der Waals surface area contributed by atoms with Crippen LogP contribution in [0.4, 0.5) is 4.79 Å².